The van der Waals surface area contributed by atoms with E-state index in [0.29, 0.717) is 73.2 Å². The van der Waals surface area contributed by atoms with E-state index >= 15 is 0 Å². The first-order valence-corrected chi connectivity index (χ1v) is 40.1. The van der Waals surface area contributed by atoms with Crippen LogP contribution in [0.2, 0.25) is 0 Å². The van der Waals surface area contributed by atoms with Crippen LogP contribution in [0.15, 0.2) is 237 Å². The standard InChI is InChI=1S/C15H12FN.C15H10FN.C15H13FO2.C15H11FO.C10H12NOP.C8H6BrN.C6H12NO3P.C4H10O2.Na.H/c2*16-15-9-6-12(7-10-15)5-8-13-3-1-2-4-14(13)11-17;16-13-9-6-11(7-10-13)5-8-12-3-1-2-4-14(12)15(17)18;16-12-8-7-11-6-5-10-3-1-2-4-13(10)15(17)14(11)9-12;1-13(2,12)8-10-6-4-3-5-9(10)7-11;9-5-7-3-1-2-4-8(7)6-10;1-3-9-11(8,6-5-7)10-4-2;1-5-3-4-6-2;;/h1-4,6-7,9-10H,5,8H2;1-10H;1-4,6-7,9-10H,5,8H2,(H,17,18);1-4,7-9H,5-6H2;3-6H,8H2,1-2H3;1-4H,5H2;3-4,6H2,1-2H3;3-4H2,1-2H3;;/q;;;;;;;;+1;-1/b;8-5+;;;;;;;;. The average molecular weight is 1600 g/mol. The number of ether oxygens (including phenoxy) is 2. The second-order valence-corrected chi connectivity index (χ2v) is 30.1. The van der Waals surface area contributed by atoms with Crippen molar-refractivity contribution in [2.24, 2.45) is 0 Å². The summed E-state index contributed by atoms with van der Waals surface area (Å²) in [4.78, 5) is 23.3. The minimum Gasteiger partial charge on any atom is -1.00 e. The number of carbonyl (C=O) groups excluding carboxylic acids is 1. The predicted octanol–water partition coefficient (Wildman–Crippen LogP) is 18.1. The van der Waals surface area contributed by atoms with Crippen LogP contribution in [0.3, 0.4) is 0 Å². The Morgan fingerprint density at radius 3 is 1.38 bits per heavy atom. The first-order valence-electron chi connectivity index (χ1n) is 34.4. The fraction of sp³-hybridized carbons (Fsp3) is 0.216. The minimum absolute atomic E-state index is 0. The van der Waals surface area contributed by atoms with Crippen LogP contribution < -0.4 is 29.6 Å². The summed E-state index contributed by atoms with van der Waals surface area (Å²) in [6, 6.07) is 78.0. The van der Waals surface area contributed by atoms with Crippen molar-refractivity contribution in [1.29, 1.82) is 26.3 Å². The van der Waals surface area contributed by atoms with Crippen molar-refractivity contribution in [3.63, 3.8) is 0 Å². The van der Waals surface area contributed by atoms with Crippen LogP contribution in [0.5, 0.6) is 0 Å². The molecule has 0 heterocycles. The molecule has 0 unspecified atom stereocenters. The number of rotatable bonds is 20. The van der Waals surface area contributed by atoms with Gasteiger partial charge in [0, 0.05) is 36.8 Å². The predicted molar refractivity (Wildman–Crippen MR) is 427 cm³/mol. The number of carboxylic acids is 1. The van der Waals surface area contributed by atoms with E-state index in [1.54, 1.807) is 114 Å². The molecule has 1 aliphatic carbocycles. The molecule has 0 saturated heterocycles. The van der Waals surface area contributed by atoms with Gasteiger partial charge in [0.15, 0.2) is 5.78 Å². The number of ketones is 1. The third-order valence-electron chi connectivity index (χ3n) is 15.6. The molecule has 1 N–H and O–H groups in total. The number of aromatic carboxylic acids is 1. The van der Waals surface area contributed by atoms with E-state index < -0.39 is 20.7 Å². The van der Waals surface area contributed by atoms with E-state index in [-0.39, 0.29) is 66.2 Å². The van der Waals surface area contributed by atoms with Crippen LogP contribution in [0.1, 0.15) is 119 Å². The largest absolute Gasteiger partial charge is 1.00 e. The van der Waals surface area contributed by atoms with Crippen molar-refractivity contribution in [1.82, 2.24) is 0 Å². The monoisotopic (exact) mass is 1600 g/mol. The Morgan fingerprint density at radius 2 is 0.909 bits per heavy atom. The molecule has 1 aliphatic rings. The maximum Gasteiger partial charge on any atom is 1.00 e. The van der Waals surface area contributed by atoms with Crippen LogP contribution in [-0.4, -0.2) is 77.0 Å². The first kappa shape index (κ1) is 94.2. The molecule has 0 saturated carbocycles. The third kappa shape index (κ3) is 35.6. The molecule has 0 radical (unpaired) electrons. The summed E-state index contributed by atoms with van der Waals surface area (Å²) >= 11 is 3.30. The Labute approximate surface area is 675 Å². The molecular formula is C88H87BrF4N5NaO9P2. The SMILES string of the molecule is CCOP(=O)(CC#N)OCC.COCCOC.CP(C)(=O)Cc1ccccc1C#N.N#Cc1ccccc1/C=C/c1ccc(F)cc1.N#Cc1ccccc1CBr.N#Cc1ccccc1CCc1ccc(F)cc1.O=C(O)c1ccccc1CCc1ccc(F)cc1.O=C1c2ccccc2CCc2ccc(F)cc21.[H-].[Na+]. The van der Waals surface area contributed by atoms with Gasteiger partial charge in [0.2, 0.25) is 0 Å². The summed E-state index contributed by atoms with van der Waals surface area (Å²) in [5, 5.41) is 53.3. The van der Waals surface area contributed by atoms with Gasteiger partial charge in [0.05, 0.1) is 91.7 Å². The van der Waals surface area contributed by atoms with Gasteiger partial charge in [-0.25, -0.2) is 22.4 Å². The smallest absolute Gasteiger partial charge is 1.00 e. The van der Waals surface area contributed by atoms with Crippen molar-refractivity contribution in [2.75, 3.05) is 60.1 Å². The van der Waals surface area contributed by atoms with Gasteiger partial charge in [-0.05, 0) is 200 Å². The molecule has 110 heavy (non-hydrogen) atoms. The molecule has 10 aromatic carbocycles. The van der Waals surface area contributed by atoms with Crippen molar-refractivity contribution < 1.29 is 90.9 Å². The van der Waals surface area contributed by atoms with E-state index in [4.69, 9.17) is 40.5 Å². The number of nitrogens with zero attached hydrogens (tertiary/aromatic N) is 5. The summed E-state index contributed by atoms with van der Waals surface area (Å²) in [6.45, 7) is 8.89. The van der Waals surface area contributed by atoms with Crippen LogP contribution in [-0.2, 0) is 77.7 Å². The maximum absolute atomic E-state index is 13.2. The summed E-state index contributed by atoms with van der Waals surface area (Å²) in [5.41, 5.74) is 13.9. The Morgan fingerprint density at radius 1 is 0.500 bits per heavy atom. The Balaban J connectivity index is 0.000000436. The van der Waals surface area contributed by atoms with E-state index in [1.165, 1.54) is 48.5 Å². The Hall–Kier alpha value is -9.97. The van der Waals surface area contributed by atoms with Gasteiger partial charge in [-0.1, -0.05) is 186 Å². The molecule has 14 nitrogen and oxygen atoms in total. The third-order valence-corrected chi connectivity index (χ3v) is 19.1. The maximum atomic E-state index is 13.2. The zero-order valence-corrected chi connectivity index (χ0v) is 68.0. The molecule has 22 heteroatoms. The number of benzene rings is 10. The van der Waals surface area contributed by atoms with Gasteiger partial charge in [-0.15, -0.1) is 0 Å². The van der Waals surface area contributed by atoms with Crippen LogP contribution in [0.4, 0.5) is 17.6 Å². The number of carboxylic acid groups (broad SMARTS) is 1. The summed E-state index contributed by atoms with van der Waals surface area (Å²) in [6.07, 6.45) is 8.62. The average Bonchev–Trinajstić information content (AvgIpc) is 1.66. The number of halogens is 5. The quantitative estimate of drug-likeness (QED) is 0.0186. The zero-order valence-electron chi connectivity index (χ0n) is 63.6. The number of fused-ring (bicyclic) bond motifs is 2. The number of carbonyl (C=O) groups is 2. The molecule has 0 aromatic heterocycles. The first-order chi connectivity index (χ1) is 52.5. The number of nitriles is 5. The fourth-order valence-corrected chi connectivity index (χ4v) is 13.0. The normalized spacial score (nSPS) is 10.6. The molecule has 0 amide bonds. The van der Waals surface area contributed by atoms with Crippen molar-refractivity contribution in [3.05, 3.63) is 354 Å². The van der Waals surface area contributed by atoms with Crippen molar-refractivity contribution in [2.45, 2.75) is 63.9 Å². The summed E-state index contributed by atoms with van der Waals surface area (Å²) < 4.78 is 93.2. The summed E-state index contributed by atoms with van der Waals surface area (Å²) in [7, 11) is -1.86. The number of alkyl halides is 1. The van der Waals surface area contributed by atoms with Gasteiger partial charge >= 0.3 is 43.1 Å². The fourth-order valence-electron chi connectivity index (χ4n) is 10.2. The van der Waals surface area contributed by atoms with Gasteiger partial charge in [0.1, 0.15) is 29.4 Å². The molecule has 0 atom stereocenters. The zero-order chi connectivity index (χ0) is 79.8. The van der Waals surface area contributed by atoms with Crippen LogP contribution in [0.25, 0.3) is 12.2 Å². The molecule has 564 valence electrons. The molecule has 0 aliphatic heterocycles. The number of methoxy groups -OCH3 is 2. The topological polar surface area (TPSA) is 244 Å². The van der Waals surface area contributed by atoms with Crippen molar-refractivity contribution in [3.8, 4) is 30.3 Å². The van der Waals surface area contributed by atoms with Gasteiger partial charge in [0.25, 0.3) is 0 Å². The number of aryl methyl sites for hydroxylation is 6. The second-order valence-electron chi connectivity index (χ2n) is 24.0. The molecule has 0 bridgehead atoms. The van der Waals surface area contributed by atoms with Crippen LogP contribution in [0, 0.1) is 79.9 Å². The van der Waals surface area contributed by atoms with E-state index in [9.17, 15) is 36.3 Å². The molecule has 11 rings (SSSR count). The summed E-state index contributed by atoms with van der Waals surface area (Å²) in [5.74, 6) is -2.05. The Bertz CT molecular complexity index is 4850. The number of hydrogen-bond donors (Lipinski definition) is 1. The van der Waals surface area contributed by atoms with E-state index in [0.717, 1.165) is 97.8 Å². The molecule has 0 fully saturated rings. The number of hydrogen-bond acceptors (Lipinski definition) is 13. The van der Waals surface area contributed by atoms with E-state index in [1.807, 2.05) is 133 Å². The van der Waals surface area contributed by atoms with Gasteiger partial charge in [-0.3, -0.25) is 9.36 Å². The minimum atomic E-state index is -3.08. The Kier molecular flexibility index (Phi) is 45.4. The molecular weight excluding hydrogens is 1510 g/mol. The molecule has 0 spiro atoms. The van der Waals surface area contributed by atoms with Gasteiger partial charge in [-0.2, -0.15) is 26.3 Å². The van der Waals surface area contributed by atoms with Crippen LogP contribution >= 0.6 is 30.7 Å². The molecule has 10 aromatic rings. The van der Waals surface area contributed by atoms with Gasteiger partial charge < -0.3 is 29.6 Å². The second kappa shape index (κ2) is 53.0. The van der Waals surface area contributed by atoms with E-state index in [2.05, 4.69) is 49.7 Å². The van der Waals surface area contributed by atoms with Crippen molar-refractivity contribution >= 4 is 54.6 Å².